The van der Waals surface area contributed by atoms with E-state index in [4.69, 9.17) is 18.9 Å². The topological polar surface area (TPSA) is 89.5 Å². The fraction of sp³-hybridized carbons (Fsp3) is 0.406. The largest absolute Gasteiger partial charge is 0.508 e. The first-order chi connectivity index (χ1) is 19.4. The van der Waals surface area contributed by atoms with E-state index >= 15 is 0 Å². The van der Waals surface area contributed by atoms with Gasteiger partial charge in [0.2, 0.25) is 11.2 Å². The maximum absolute atomic E-state index is 13.6. The van der Waals surface area contributed by atoms with Crippen molar-refractivity contribution in [2.45, 2.75) is 44.4 Å². The molecule has 1 aliphatic carbocycles. The molecule has 8 nitrogen and oxygen atoms in total. The Bertz CT molecular complexity index is 1420. The molecule has 0 bridgehead atoms. The molecule has 3 aromatic carbocycles. The van der Waals surface area contributed by atoms with Gasteiger partial charge in [-0.15, -0.1) is 0 Å². The smallest absolute Gasteiger partial charge is 0.203 e. The molecule has 2 unspecified atom stereocenters. The molecule has 1 aliphatic heterocycles. The van der Waals surface area contributed by atoms with E-state index in [0.717, 1.165) is 60.1 Å². The van der Waals surface area contributed by atoms with Gasteiger partial charge in [0.15, 0.2) is 11.5 Å². The molecule has 1 heterocycles. The molecule has 8 heteroatoms. The molecular formula is C32H38N2O6. The highest BCUT2D eigenvalue weighted by molar-refractivity contribution is 5.83. The minimum absolute atomic E-state index is 0.0805. The van der Waals surface area contributed by atoms with Crippen LogP contribution in [0.25, 0.3) is 11.1 Å². The maximum atomic E-state index is 13.6. The monoisotopic (exact) mass is 546 g/mol. The van der Waals surface area contributed by atoms with Crippen molar-refractivity contribution >= 4 is 5.69 Å². The summed E-state index contributed by atoms with van der Waals surface area (Å²) in [4.78, 5) is 15.8. The number of para-hydroxylation sites is 1. The van der Waals surface area contributed by atoms with E-state index in [-0.39, 0.29) is 23.3 Å². The van der Waals surface area contributed by atoms with Crippen molar-refractivity contribution in [3.63, 3.8) is 0 Å². The molecule has 40 heavy (non-hydrogen) atoms. The SMILES string of the molecule is COc1cc2c(c(OC)c1OC)-c1ccc(NCC3CCCO3)c(=O)cc1C(N(C)Cc1ccccc1O)CC2. The molecular weight excluding hydrogens is 508 g/mol. The van der Waals surface area contributed by atoms with Crippen LogP contribution in [0.4, 0.5) is 5.69 Å². The fourth-order valence-corrected chi connectivity index (χ4v) is 5.95. The third-order valence-corrected chi connectivity index (χ3v) is 7.99. The second-order valence-corrected chi connectivity index (χ2v) is 10.4. The standard InChI is InChI=1S/C32H38N2O6/c1-34(19-21-8-5-6-10-27(21)35)26-14-11-20-16-29(37-2)31(38-3)32(39-4)30(20)23-12-13-25(28(36)17-24(23)26)33-18-22-9-7-15-40-22/h5-6,8,10,12-13,16-17,22,26,35H,7,9,11,14-15,18-19H2,1-4H3,(H,33,36). The number of rotatable bonds is 9. The molecule has 1 saturated heterocycles. The van der Waals surface area contributed by atoms with Crippen LogP contribution in [-0.2, 0) is 17.7 Å². The second-order valence-electron chi connectivity index (χ2n) is 10.4. The van der Waals surface area contributed by atoms with Crippen LogP contribution in [0.3, 0.4) is 0 Å². The van der Waals surface area contributed by atoms with Gasteiger partial charge >= 0.3 is 0 Å². The summed E-state index contributed by atoms with van der Waals surface area (Å²) < 4.78 is 23.1. The van der Waals surface area contributed by atoms with E-state index in [1.165, 1.54) is 0 Å². The lowest BCUT2D eigenvalue weighted by Crippen LogP contribution is -2.25. The quantitative estimate of drug-likeness (QED) is 0.381. The van der Waals surface area contributed by atoms with E-state index in [9.17, 15) is 9.90 Å². The molecule has 2 aliphatic rings. The summed E-state index contributed by atoms with van der Waals surface area (Å²) in [6.07, 6.45) is 3.63. The fourth-order valence-electron chi connectivity index (χ4n) is 5.95. The van der Waals surface area contributed by atoms with E-state index in [0.29, 0.717) is 36.0 Å². The number of fused-ring (bicyclic) bond motifs is 3. The molecule has 0 amide bonds. The summed E-state index contributed by atoms with van der Waals surface area (Å²) >= 11 is 0. The molecule has 0 spiro atoms. The highest BCUT2D eigenvalue weighted by Gasteiger charge is 2.31. The summed E-state index contributed by atoms with van der Waals surface area (Å²) in [6, 6.07) is 14.9. The van der Waals surface area contributed by atoms with Crippen LogP contribution in [0.5, 0.6) is 23.0 Å². The Balaban J connectivity index is 1.65. The number of anilines is 1. The zero-order chi connectivity index (χ0) is 28.2. The minimum atomic E-state index is -0.102. The Labute approximate surface area is 235 Å². The maximum Gasteiger partial charge on any atom is 0.203 e. The van der Waals surface area contributed by atoms with Gasteiger partial charge in [-0.2, -0.15) is 0 Å². The number of hydrogen-bond acceptors (Lipinski definition) is 8. The van der Waals surface area contributed by atoms with Crippen LogP contribution >= 0.6 is 0 Å². The van der Waals surface area contributed by atoms with Crippen LogP contribution in [-0.4, -0.2) is 57.6 Å². The number of benzene rings is 2. The number of aromatic hydroxyl groups is 1. The van der Waals surface area contributed by atoms with E-state index in [2.05, 4.69) is 10.2 Å². The summed E-state index contributed by atoms with van der Waals surface area (Å²) in [7, 11) is 6.87. The van der Waals surface area contributed by atoms with E-state index in [1.807, 2.05) is 43.4 Å². The Morgan fingerprint density at radius 1 is 1.02 bits per heavy atom. The third kappa shape index (κ3) is 5.46. The lowest BCUT2D eigenvalue weighted by atomic mass is 9.95. The first-order valence-electron chi connectivity index (χ1n) is 13.8. The summed E-state index contributed by atoms with van der Waals surface area (Å²) in [5.41, 5.74) is 5.04. The lowest BCUT2D eigenvalue weighted by Gasteiger charge is -2.28. The van der Waals surface area contributed by atoms with Gasteiger partial charge in [-0.05, 0) is 73.7 Å². The van der Waals surface area contributed by atoms with E-state index in [1.54, 1.807) is 33.5 Å². The van der Waals surface area contributed by atoms with Gasteiger partial charge in [-0.1, -0.05) is 24.3 Å². The molecule has 212 valence electrons. The number of hydrogen-bond donors (Lipinski definition) is 2. The minimum Gasteiger partial charge on any atom is -0.508 e. The lowest BCUT2D eigenvalue weighted by molar-refractivity contribution is 0.120. The normalized spacial score (nSPS) is 18.0. The number of nitrogens with zero attached hydrogens (tertiary/aromatic N) is 1. The Hall–Kier alpha value is -3.75. The van der Waals surface area contributed by atoms with Crippen molar-refractivity contribution in [1.82, 2.24) is 4.90 Å². The number of ether oxygens (including phenoxy) is 4. The van der Waals surface area contributed by atoms with Gasteiger partial charge < -0.3 is 29.4 Å². The molecule has 2 N–H and O–H groups in total. The summed E-state index contributed by atoms with van der Waals surface area (Å²) in [6.45, 7) is 1.87. The van der Waals surface area contributed by atoms with Gasteiger partial charge in [0.1, 0.15) is 5.75 Å². The Kier molecular flexibility index (Phi) is 8.47. The van der Waals surface area contributed by atoms with Gasteiger partial charge in [-0.25, -0.2) is 0 Å². The predicted octanol–water partition coefficient (Wildman–Crippen LogP) is 5.16. The van der Waals surface area contributed by atoms with Crippen molar-refractivity contribution in [3.8, 4) is 34.1 Å². The van der Waals surface area contributed by atoms with Crippen molar-refractivity contribution < 1.29 is 24.1 Å². The summed E-state index contributed by atoms with van der Waals surface area (Å²) in [5, 5.41) is 13.8. The first kappa shape index (κ1) is 27.8. The van der Waals surface area contributed by atoms with Crippen molar-refractivity contribution in [2.75, 3.05) is 46.8 Å². The highest BCUT2D eigenvalue weighted by Crippen LogP contribution is 2.51. The number of methoxy groups -OCH3 is 3. The second kappa shape index (κ2) is 12.2. The molecule has 3 aromatic rings. The van der Waals surface area contributed by atoms with Gasteiger partial charge in [0, 0.05) is 36.9 Å². The Morgan fingerprint density at radius 2 is 1.82 bits per heavy atom. The summed E-state index contributed by atoms with van der Waals surface area (Å²) in [5.74, 6) is 1.95. The van der Waals surface area contributed by atoms with Crippen molar-refractivity contribution in [1.29, 1.82) is 0 Å². The number of nitrogens with one attached hydrogen (secondary N) is 1. The molecule has 1 fully saturated rings. The molecule has 0 aromatic heterocycles. The van der Waals surface area contributed by atoms with Crippen LogP contribution in [0, 0.1) is 0 Å². The van der Waals surface area contributed by atoms with Crippen molar-refractivity contribution in [3.05, 3.63) is 75.4 Å². The van der Waals surface area contributed by atoms with Gasteiger partial charge in [0.05, 0.1) is 33.1 Å². The van der Waals surface area contributed by atoms with Crippen LogP contribution in [0.1, 0.15) is 42.0 Å². The first-order valence-corrected chi connectivity index (χ1v) is 13.8. The zero-order valence-corrected chi connectivity index (χ0v) is 23.7. The van der Waals surface area contributed by atoms with Crippen LogP contribution in [0.2, 0.25) is 0 Å². The molecule has 5 rings (SSSR count). The average molecular weight is 547 g/mol. The van der Waals surface area contributed by atoms with E-state index < -0.39 is 0 Å². The van der Waals surface area contributed by atoms with Crippen LogP contribution in [0.15, 0.2) is 53.3 Å². The Morgan fingerprint density at radius 3 is 2.52 bits per heavy atom. The number of phenols is 1. The van der Waals surface area contributed by atoms with Crippen molar-refractivity contribution in [2.24, 2.45) is 0 Å². The number of phenolic OH excluding ortho intramolecular Hbond substituents is 1. The predicted molar refractivity (Wildman–Crippen MR) is 156 cm³/mol. The van der Waals surface area contributed by atoms with Gasteiger partial charge in [-0.3, -0.25) is 9.69 Å². The average Bonchev–Trinajstić information content (AvgIpc) is 3.37. The highest BCUT2D eigenvalue weighted by atomic mass is 16.5. The number of aryl methyl sites for hydroxylation is 1. The van der Waals surface area contributed by atoms with Gasteiger partial charge in [0.25, 0.3) is 0 Å². The zero-order valence-electron chi connectivity index (χ0n) is 23.7. The molecule has 0 saturated carbocycles. The molecule has 2 atom stereocenters. The van der Waals surface area contributed by atoms with Crippen LogP contribution < -0.4 is 25.0 Å². The third-order valence-electron chi connectivity index (χ3n) is 7.99. The molecule has 0 radical (unpaired) electrons.